The lowest BCUT2D eigenvalue weighted by atomic mass is 9.35. The monoisotopic (exact) mass is 653 g/mol. The molecule has 0 amide bonds. The molecule has 0 fully saturated rings. The van der Waals surface area contributed by atoms with Crippen LogP contribution in [0.4, 0.5) is 17.1 Å². The minimum absolute atomic E-state index is 0.0647. The third-order valence-corrected chi connectivity index (χ3v) is 10.4. The number of anilines is 3. The molecule has 0 spiro atoms. The van der Waals surface area contributed by atoms with Crippen molar-refractivity contribution in [2.45, 2.75) is 0 Å². The van der Waals surface area contributed by atoms with Crippen molar-refractivity contribution in [3.8, 4) is 34.1 Å². The van der Waals surface area contributed by atoms with E-state index in [2.05, 4.69) is 150 Å². The molecule has 0 radical (unpaired) electrons. The number of para-hydroxylation sites is 2. The molecule has 51 heavy (non-hydrogen) atoms. The number of ether oxygens (including phenoxy) is 2. The highest BCUT2D eigenvalue weighted by atomic mass is 16.5. The van der Waals surface area contributed by atoms with Gasteiger partial charge < -0.3 is 18.8 Å². The van der Waals surface area contributed by atoms with Crippen LogP contribution in [-0.4, -0.2) is 6.71 Å². The quantitative estimate of drug-likeness (QED) is 0.177. The third kappa shape index (κ3) is 4.28. The average molecular weight is 654 g/mol. The molecule has 0 unspecified atom stereocenters. The van der Waals surface area contributed by atoms with Crippen LogP contribution in [0.15, 0.2) is 174 Å². The standard InChI is InChI=1S/C46H28BNO3/c1-4-13-29(14-5-1)30-23-24-36-42(25-30)49-39-21-12-22-40-46(39)47(36)37-27-41-35(26-43(37)50-40)45-34-20-11-10-19-33(34)38(28-44(45)51-41)48(31-15-6-2-7-16-31)32-17-8-3-9-18-32/h1-28H. The van der Waals surface area contributed by atoms with Gasteiger partial charge in [-0.15, -0.1) is 0 Å². The van der Waals surface area contributed by atoms with Crippen molar-refractivity contribution in [2.24, 2.45) is 0 Å². The van der Waals surface area contributed by atoms with Crippen LogP contribution in [-0.2, 0) is 0 Å². The minimum atomic E-state index is -0.0647. The van der Waals surface area contributed by atoms with E-state index in [0.29, 0.717) is 0 Å². The Hall–Kier alpha value is -6.72. The van der Waals surface area contributed by atoms with E-state index in [1.165, 1.54) is 0 Å². The normalized spacial score (nSPS) is 12.6. The van der Waals surface area contributed by atoms with Gasteiger partial charge >= 0.3 is 0 Å². The highest BCUT2D eigenvalue weighted by molar-refractivity contribution is 6.98. The molecule has 4 nitrogen and oxygen atoms in total. The third-order valence-electron chi connectivity index (χ3n) is 10.4. The van der Waals surface area contributed by atoms with E-state index >= 15 is 0 Å². The summed E-state index contributed by atoms with van der Waals surface area (Å²) >= 11 is 0. The first-order valence-corrected chi connectivity index (χ1v) is 17.3. The van der Waals surface area contributed by atoms with Crippen LogP contribution in [0.1, 0.15) is 0 Å². The number of benzene rings is 8. The van der Waals surface area contributed by atoms with Gasteiger partial charge in [0.25, 0.3) is 6.71 Å². The van der Waals surface area contributed by atoms with E-state index in [4.69, 9.17) is 13.9 Å². The Kier molecular flexibility index (Phi) is 6.01. The number of nitrogens with zero attached hydrogens (tertiary/aromatic N) is 1. The molecule has 0 saturated carbocycles. The number of hydrogen-bond acceptors (Lipinski definition) is 4. The van der Waals surface area contributed by atoms with Crippen molar-refractivity contribution < 1.29 is 13.9 Å². The SMILES string of the molecule is c1ccc(-c2ccc3c(c2)Oc2cccc4c2B3c2cc3oc5cc(N(c6ccccc6)c6ccccc6)c6ccccc6c5c3cc2O4)cc1. The van der Waals surface area contributed by atoms with Gasteiger partial charge in [0.15, 0.2) is 0 Å². The zero-order chi connectivity index (χ0) is 33.5. The fraction of sp³-hybridized carbons (Fsp3) is 0. The fourth-order valence-corrected chi connectivity index (χ4v) is 8.12. The lowest BCUT2D eigenvalue weighted by Crippen LogP contribution is -2.57. The smallest absolute Gasteiger partial charge is 0.260 e. The van der Waals surface area contributed by atoms with Crippen LogP contribution in [0.3, 0.4) is 0 Å². The van der Waals surface area contributed by atoms with Crippen LogP contribution in [0.25, 0.3) is 43.8 Å². The summed E-state index contributed by atoms with van der Waals surface area (Å²) in [6.07, 6.45) is 0. The molecule has 3 heterocycles. The minimum Gasteiger partial charge on any atom is -0.458 e. The van der Waals surface area contributed by atoms with Gasteiger partial charge in [-0.25, -0.2) is 0 Å². The second kappa shape index (κ2) is 10.9. The van der Waals surface area contributed by atoms with Gasteiger partial charge in [0, 0.05) is 39.1 Å². The summed E-state index contributed by atoms with van der Waals surface area (Å²) in [7, 11) is 0. The first-order valence-electron chi connectivity index (χ1n) is 17.3. The number of fused-ring (bicyclic) bond motifs is 9. The molecule has 11 rings (SSSR count). The maximum atomic E-state index is 6.87. The first-order chi connectivity index (χ1) is 25.3. The molecule has 9 aromatic rings. The Morgan fingerprint density at radius 3 is 1.75 bits per heavy atom. The molecule has 0 N–H and O–H groups in total. The summed E-state index contributed by atoms with van der Waals surface area (Å²) in [5, 5.41) is 4.38. The maximum absolute atomic E-state index is 6.87. The number of hydrogen-bond donors (Lipinski definition) is 0. The molecule has 0 saturated heterocycles. The Morgan fingerprint density at radius 2 is 1.04 bits per heavy atom. The van der Waals surface area contributed by atoms with Crippen molar-refractivity contribution in [1.82, 2.24) is 0 Å². The van der Waals surface area contributed by atoms with Crippen LogP contribution >= 0.6 is 0 Å². The van der Waals surface area contributed by atoms with Crippen molar-refractivity contribution in [3.05, 3.63) is 170 Å². The lowest BCUT2D eigenvalue weighted by molar-refractivity contribution is 0.465. The predicted molar refractivity (Wildman–Crippen MR) is 209 cm³/mol. The van der Waals surface area contributed by atoms with Gasteiger partial charge in [0.2, 0.25) is 0 Å². The second-order valence-electron chi connectivity index (χ2n) is 13.2. The molecular weight excluding hydrogens is 625 g/mol. The van der Waals surface area contributed by atoms with E-state index in [1.807, 2.05) is 24.3 Å². The first kappa shape index (κ1) is 28.2. The number of rotatable bonds is 4. The molecule has 2 aliphatic heterocycles. The van der Waals surface area contributed by atoms with Gasteiger partial charge in [-0.2, -0.15) is 0 Å². The lowest BCUT2D eigenvalue weighted by Gasteiger charge is -2.33. The van der Waals surface area contributed by atoms with Crippen molar-refractivity contribution >= 4 is 72.9 Å². The summed E-state index contributed by atoms with van der Waals surface area (Å²) in [5.74, 6) is 3.34. The van der Waals surface area contributed by atoms with Crippen LogP contribution in [0.2, 0.25) is 0 Å². The second-order valence-corrected chi connectivity index (χ2v) is 13.2. The summed E-state index contributed by atoms with van der Waals surface area (Å²) < 4.78 is 20.2. The van der Waals surface area contributed by atoms with Gasteiger partial charge in [-0.1, -0.05) is 109 Å². The van der Waals surface area contributed by atoms with Gasteiger partial charge in [0.05, 0.1) is 5.69 Å². The van der Waals surface area contributed by atoms with E-state index in [9.17, 15) is 0 Å². The van der Waals surface area contributed by atoms with E-state index in [0.717, 1.165) is 100 Å². The van der Waals surface area contributed by atoms with Gasteiger partial charge in [-0.3, -0.25) is 0 Å². The molecule has 1 aromatic heterocycles. The van der Waals surface area contributed by atoms with Gasteiger partial charge in [-0.05, 0) is 82.0 Å². The summed E-state index contributed by atoms with van der Waals surface area (Å²) in [5.41, 5.74) is 10.4. The van der Waals surface area contributed by atoms with Crippen molar-refractivity contribution in [3.63, 3.8) is 0 Å². The maximum Gasteiger partial charge on any atom is 0.260 e. The zero-order valence-corrected chi connectivity index (χ0v) is 27.4. The van der Waals surface area contributed by atoms with Crippen LogP contribution in [0, 0.1) is 0 Å². The van der Waals surface area contributed by atoms with Crippen molar-refractivity contribution in [1.29, 1.82) is 0 Å². The molecule has 2 aliphatic rings. The van der Waals surface area contributed by atoms with Crippen LogP contribution < -0.4 is 30.8 Å². The fourth-order valence-electron chi connectivity index (χ4n) is 8.12. The molecule has 0 aliphatic carbocycles. The Labute approximate surface area is 294 Å². The van der Waals surface area contributed by atoms with Crippen LogP contribution in [0.5, 0.6) is 23.0 Å². The Bertz CT molecular complexity index is 2770. The number of furan rings is 1. The largest absolute Gasteiger partial charge is 0.458 e. The summed E-state index contributed by atoms with van der Waals surface area (Å²) in [6, 6.07) is 59.3. The highest BCUT2D eigenvalue weighted by Gasteiger charge is 2.40. The topological polar surface area (TPSA) is 34.8 Å². The molecule has 5 heteroatoms. The molecule has 0 bridgehead atoms. The molecular formula is C46H28BNO3. The average Bonchev–Trinajstić information content (AvgIpc) is 3.55. The Morgan fingerprint density at radius 1 is 0.412 bits per heavy atom. The van der Waals surface area contributed by atoms with Crippen molar-refractivity contribution in [2.75, 3.05) is 4.90 Å². The Balaban J connectivity index is 1.13. The molecule has 0 atom stereocenters. The summed E-state index contributed by atoms with van der Waals surface area (Å²) in [6.45, 7) is -0.0647. The zero-order valence-electron chi connectivity index (χ0n) is 27.4. The molecule has 238 valence electrons. The van der Waals surface area contributed by atoms with E-state index in [-0.39, 0.29) is 6.71 Å². The summed E-state index contributed by atoms with van der Waals surface area (Å²) in [4.78, 5) is 2.31. The van der Waals surface area contributed by atoms with Gasteiger partial charge in [0.1, 0.15) is 34.2 Å². The highest BCUT2D eigenvalue weighted by Crippen LogP contribution is 2.46. The molecule has 8 aromatic carbocycles. The van der Waals surface area contributed by atoms with E-state index in [1.54, 1.807) is 0 Å². The van der Waals surface area contributed by atoms with E-state index < -0.39 is 0 Å². The predicted octanol–water partition coefficient (Wildman–Crippen LogP) is 10.6.